The molecule has 5 heteroatoms. The number of carbonyl (C=O) groups is 1. The summed E-state index contributed by atoms with van der Waals surface area (Å²) in [6.07, 6.45) is 6.27. The van der Waals surface area contributed by atoms with Crippen molar-refractivity contribution in [3.8, 4) is 0 Å². The van der Waals surface area contributed by atoms with E-state index in [4.69, 9.17) is 4.42 Å². The van der Waals surface area contributed by atoms with Crippen LogP contribution in [0.5, 0.6) is 0 Å². The first-order valence-electron chi connectivity index (χ1n) is 7.74. The van der Waals surface area contributed by atoms with Crippen LogP contribution < -0.4 is 5.32 Å². The lowest BCUT2D eigenvalue weighted by Gasteiger charge is -2.22. The number of amides is 1. The maximum absolute atomic E-state index is 12.5. The zero-order chi connectivity index (χ0) is 15.5. The van der Waals surface area contributed by atoms with Gasteiger partial charge < -0.3 is 9.73 Å². The second-order valence-electron chi connectivity index (χ2n) is 5.96. The zero-order valence-corrected chi connectivity index (χ0v) is 13.9. The topological polar surface area (TPSA) is 45.5 Å². The van der Waals surface area contributed by atoms with Gasteiger partial charge in [0, 0.05) is 16.8 Å². The standard InChI is InChI=1S/C17H22N2O2S/c1-19(2)14(15-7-5-9-21-15)10-18-17(20)13-11-22-16-8-4-3-6-12(13)16/h5,7,9,11,14H,3-4,6,8,10H2,1-2H3,(H,18,20). The van der Waals surface area contributed by atoms with Crippen molar-refractivity contribution in [1.82, 2.24) is 10.2 Å². The Balaban J connectivity index is 1.68. The molecule has 1 unspecified atom stereocenters. The number of thiophene rings is 1. The third kappa shape index (κ3) is 3.10. The fraction of sp³-hybridized carbons (Fsp3) is 0.471. The molecular formula is C17H22N2O2S. The van der Waals surface area contributed by atoms with E-state index < -0.39 is 0 Å². The van der Waals surface area contributed by atoms with Gasteiger partial charge in [-0.3, -0.25) is 9.69 Å². The van der Waals surface area contributed by atoms with E-state index in [9.17, 15) is 4.79 Å². The van der Waals surface area contributed by atoms with E-state index in [1.807, 2.05) is 31.6 Å². The summed E-state index contributed by atoms with van der Waals surface area (Å²) in [6, 6.07) is 3.88. The van der Waals surface area contributed by atoms with Crippen molar-refractivity contribution in [2.75, 3.05) is 20.6 Å². The van der Waals surface area contributed by atoms with Gasteiger partial charge in [-0.1, -0.05) is 0 Å². The number of nitrogens with one attached hydrogen (secondary N) is 1. The van der Waals surface area contributed by atoms with Crippen LogP contribution in [0.4, 0.5) is 0 Å². The van der Waals surface area contributed by atoms with Crippen LogP contribution in [0.2, 0.25) is 0 Å². The van der Waals surface area contributed by atoms with Gasteiger partial charge in [0.05, 0.1) is 17.9 Å². The Morgan fingerprint density at radius 1 is 1.41 bits per heavy atom. The molecule has 22 heavy (non-hydrogen) atoms. The highest BCUT2D eigenvalue weighted by Gasteiger charge is 2.22. The molecule has 0 spiro atoms. The van der Waals surface area contributed by atoms with E-state index in [-0.39, 0.29) is 11.9 Å². The van der Waals surface area contributed by atoms with Gasteiger partial charge in [-0.25, -0.2) is 0 Å². The fourth-order valence-electron chi connectivity index (χ4n) is 2.99. The molecule has 1 atom stereocenters. The number of nitrogens with zero attached hydrogens (tertiary/aromatic N) is 1. The van der Waals surface area contributed by atoms with Gasteiger partial charge in [0.2, 0.25) is 0 Å². The Morgan fingerprint density at radius 3 is 2.95 bits per heavy atom. The highest BCUT2D eigenvalue weighted by molar-refractivity contribution is 7.10. The van der Waals surface area contributed by atoms with Crippen LogP contribution in [-0.2, 0) is 12.8 Å². The molecular weight excluding hydrogens is 296 g/mol. The summed E-state index contributed by atoms with van der Waals surface area (Å²) in [7, 11) is 3.98. The third-order valence-corrected chi connectivity index (χ3v) is 5.35. The van der Waals surface area contributed by atoms with Crippen LogP contribution in [0.1, 0.15) is 45.4 Å². The summed E-state index contributed by atoms with van der Waals surface area (Å²) < 4.78 is 5.48. The number of hydrogen-bond donors (Lipinski definition) is 1. The summed E-state index contributed by atoms with van der Waals surface area (Å²) >= 11 is 1.73. The Morgan fingerprint density at radius 2 is 2.23 bits per heavy atom. The number of hydrogen-bond acceptors (Lipinski definition) is 4. The van der Waals surface area contributed by atoms with Gasteiger partial charge in [0.25, 0.3) is 5.91 Å². The van der Waals surface area contributed by atoms with E-state index in [1.165, 1.54) is 23.3 Å². The third-order valence-electron chi connectivity index (χ3n) is 4.26. The van der Waals surface area contributed by atoms with Gasteiger partial charge in [-0.05, 0) is 57.5 Å². The average molecular weight is 318 g/mol. The normalized spacial score (nSPS) is 15.6. The van der Waals surface area contributed by atoms with Gasteiger partial charge in [0.15, 0.2) is 0 Å². The Labute approximate surface area is 135 Å². The zero-order valence-electron chi connectivity index (χ0n) is 13.1. The Hall–Kier alpha value is -1.59. The van der Waals surface area contributed by atoms with E-state index in [2.05, 4.69) is 10.2 Å². The second kappa shape index (κ2) is 6.67. The van der Waals surface area contributed by atoms with Gasteiger partial charge in [-0.2, -0.15) is 0 Å². The van der Waals surface area contributed by atoms with Crippen molar-refractivity contribution in [2.24, 2.45) is 0 Å². The van der Waals surface area contributed by atoms with Crippen molar-refractivity contribution in [3.05, 3.63) is 45.5 Å². The monoisotopic (exact) mass is 318 g/mol. The lowest BCUT2D eigenvalue weighted by atomic mass is 9.95. The molecule has 0 aliphatic heterocycles. The van der Waals surface area contributed by atoms with Crippen molar-refractivity contribution in [1.29, 1.82) is 0 Å². The number of fused-ring (bicyclic) bond motifs is 1. The van der Waals surface area contributed by atoms with E-state index >= 15 is 0 Å². The van der Waals surface area contributed by atoms with Crippen LogP contribution in [-0.4, -0.2) is 31.4 Å². The second-order valence-corrected chi connectivity index (χ2v) is 6.93. The largest absolute Gasteiger partial charge is 0.468 e. The highest BCUT2D eigenvalue weighted by Crippen LogP contribution is 2.30. The summed E-state index contributed by atoms with van der Waals surface area (Å²) in [6.45, 7) is 0.546. The first-order chi connectivity index (χ1) is 10.7. The molecule has 0 saturated heterocycles. The van der Waals surface area contributed by atoms with Crippen molar-refractivity contribution in [3.63, 3.8) is 0 Å². The molecule has 4 nitrogen and oxygen atoms in total. The number of carbonyl (C=O) groups excluding carboxylic acids is 1. The molecule has 2 aromatic heterocycles. The molecule has 1 N–H and O–H groups in total. The minimum Gasteiger partial charge on any atom is -0.468 e. The maximum atomic E-state index is 12.5. The number of rotatable bonds is 5. The Kier molecular flexibility index (Phi) is 4.64. The molecule has 0 bridgehead atoms. The smallest absolute Gasteiger partial charge is 0.252 e. The molecule has 3 rings (SSSR count). The lowest BCUT2D eigenvalue weighted by molar-refractivity contribution is 0.0938. The maximum Gasteiger partial charge on any atom is 0.252 e. The molecule has 2 aromatic rings. The fourth-order valence-corrected chi connectivity index (χ4v) is 4.11. The van der Waals surface area contributed by atoms with E-state index in [0.717, 1.165) is 24.2 Å². The Bertz CT molecular complexity index is 631. The number of likely N-dealkylation sites (N-methyl/N-ethyl adjacent to an activating group) is 1. The van der Waals surface area contributed by atoms with Crippen LogP contribution in [0, 0.1) is 0 Å². The van der Waals surface area contributed by atoms with Crippen molar-refractivity contribution < 1.29 is 9.21 Å². The molecule has 1 amide bonds. The van der Waals surface area contributed by atoms with Crippen LogP contribution in [0.15, 0.2) is 28.2 Å². The molecule has 1 aliphatic carbocycles. The predicted octanol–water partition coefficient (Wildman–Crippen LogP) is 3.25. The summed E-state index contributed by atoms with van der Waals surface area (Å²) in [5.74, 6) is 0.912. The molecule has 118 valence electrons. The van der Waals surface area contributed by atoms with Gasteiger partial charge >= 0.3 is 0 Å². The molecule has 0 radical (unpaired) electrons. The van der Waals surface area contributed by atoms with Crippen LogP contribution >= 0.6 is 11.3 Å². The number of aryl methyl sites for hydroxylation is 1. The molecule has 2 heterocycles. The van der Waals surface area contributed by atoms with Crippen LogP contribution in [0.3, 0.4) is 0 Å². The molecule has 0 fully saturated rings. The first-order valence-corrected chi connectivity index (χ1v) is 8.62. The SMILES string of the molecule is CN(C)C(CNC(=O)c1csc2c1CCCC2)c1ccco1. The molecule has 0 saturated carbocycles. The van der Waals surface area contributed by atoms with Gasteiger partial charge in [0.1, 0.15) is 5.76 Å². The minimum absolute atomic E-state index is 0.0396. The molecule has 1 aliphatic rings. The van der Waals surface area contributed by atoms with E-state index in [1.54, 1.807) is 17.6 Å². The van der Waals surface area contributed by atoms with Crippen molar-refractivity contribution >= 4 is 17.2 Å². The lowest BCUT2D eigenvalue weighted by Crippen LogP contribution is -2.34. The van der Waals surface area contributed by atoms with E-state index in [0.29, 0.717) is 6.54 Å². The minimum atomic E-state index is 0.0396. The summed E-state index contributed by atoms with van der Waals surface area (Å²) in [5, 5.41) is 5.09. The van der Waals surface area contributed by atoms with Crippen molar-refractivity contribution in [2.45, 2.75) is 31.7 Å². The summed E-state index contributed by atoms with van der Waals surface area (Å²) in [4.78, 5) is 16.0. The predicted molar refractivity (Wildman–Crippen MR) is 88.4 cm³/mol. The highest BCUT2D eigenvalue weighted by atomic mass is 32.1. The first kappa shape index (κ1) is 15.3. The van der Waals surface area contributed by atoms with Crippen LogP contribution in [0.25, 0.3) is 0 Å². The van der Waals surface area contributed by atoms with Gasteiger partial charge in [-0.15, -0.1) is 11.3 Å². The molecule has 0 aromatic carbocycles. The number of furan rings is 1. The summed E-state index contributed by atoms with van der Waals surface area (Å²) in [5.41, 5.74) is 2.14. The average Bonchev–Trinajstić information content (AvgIpc) is 3.16. The quantitative estimate of drug-likeness (QED) is 0.920.